The largest absolute Gasteiger partial charge is 0.426 e. The molecule has 1 aromatic carbocycles. The van der Waals surface area contributed by atoms with Gasteiger partial charge in [0.15, 0.2) is 0 Å². The van der Waals surface area contributed by atoms with Crippen molar-refractivity contribution in [3.8, 4) is 5.75 Å². The molecule has 3 nitrogen and oxygen atoms in total. The average Bonchev–Trinajstić information content (AvgIpc) is 3.48. The van der Waals surface area contributed by atoms with E-state index < -0.39 is 0 Å². The molecular weight excluding hydrogens is 498 g/mol. The van der Waals surface area contributed by atoms with Crippen LogP contribution in [-0.2, 0) is 24.1 Å². The number of benzene rings is 1. The van der Waals surface area contributed by atoms with Gasteiger partial charge in [0, 0.05) is 23.9 Å². The maximum Gasteiger partial charge on any atom is 0.311 e. The predicted octanol–water partition coefficient (Wildman–Crippen LogP) is 9.80. The van der Waals surface area contributed by atoms with Crippen molar-refractivity contribution in [3.63, 3.8) is 0 Å². The number of rotatable bonds is 20. The number of unbranched alkanes of at least 4 members (excludes halogenated alkanes) is 7. The third kappa shape index (κ3) is 11.4. The fourth-order valence-electron chi connectivity index (χ4n) is 6.25. The molecule has 1 heterocycles. The summed E-state index contributed by atoms with van der Waals surface area (Å²) in [4.78, 5) is 17.0. The molecule has 0 radical (unpaired) electrons. The molecule has 218 valence electrons. The van der Waals surface area contributed by atoms with Crippen molar-refractivity contribution in [1.29, 1.82) is 0 Å². The highest BCUT2D eigenvalue weighted by atomic mass is 32.1. The van der Waals surface area contributed by atoms with Gasteiger partial charge >= 0.3 is 5.97 Å². The predicted molar refractivity (Wildman–Crippen MR) is 168 cm³/mol. The maximum absolute atomic E-state index is 12.8. The zero-order valence-corrected chi connectivity index (χ0v) is 26.0. The summed E-state index contributed by atoms with van der Waals surface area (Å²) in [7, 11) is 0. The van der Waals surface area contributed by atoms with Crippen molar-refractivity contribution in [2.24, 2.45) is 5.92 Å². The van der Waals surface area contributed by atoms with Crippen LogP contribution in [0.2, 0.25) is 0 Å². The SMILES string of the molecule is CCCCCCCCCCC(CC)CCC(=O)Oc1cccc2c1CCC(N(CCC)CCc1cccs1)C2. The molecule has 4 heteroatoms. The maximum atomic E-state index is 12.8. The summed E-state index contributed by atoms with van der Waals surface area (Å²) in [5.74, 6) is 1.40. The summed E-state index contributed by atoms with van der Waals surface area (Å²) >= 11 is 1.87. The van der Waals surface area contributed by atoms with Crippen LogP contribution in [0.1, 0.15) is 127 Å². The second kappa shape index (κ2) is 18.7. The first kappa shape index (κ1) is 31.9. The zero-order valence-electron chi connectivity index (χ0n) is 25.2. The Morgan fingerprint density at radius 3 is 2.46 bits per heavy atom. The molecule has 0 N–H and O–H groups in total. The lowest BCUT2D eigenvalue weighted by Crippen LogP contribution is -2.41. The van der Waals surface area contributed by atoms with Crippen LogP contribution in [0.15, 0.2) is 35.7 Å². The Morgan fingerprint density at radius 2 is 1.74 bits per heavy atom. The molecule has 39 heavy (non-hydrogen) atoms. The fraction of sp³-hybridized carbons (Fsp3) is 0.686. The first-order valence-corrected chi connectivity index (χ1v) is 17.1. The van der Waals surface area contributed by atoms with Crippen molar-refractivity contribution in [2.75, 3.05) is 13.1 Å². The highest BCUT2D eigenvalue weighted by molar-refractivity contribution is 7.09. The monoisotopic (exact) mass is 553 g/mol. The van der Waals surface area contributed by atoms with Gasteiger partial charge in [0.05, 0.1) is 0 Å². The minimum atomic E-state index is -0.0524. The molecule has 0 spiro atoms. The van der Waals surface area contributed by atoms with Crippen molar-refractivity contribution in [1.82, 2.24) is 4.90 Å². The minimum absolute atomic E-state index is 0.0524. The van der Waals surface area contributed by atoms with Crippen LogP contribution >= 0.6 is 11.3 Å². The van der Waals surface area contributed by atoms with Crippen molar-refractivity contribution < 1.29 is 9.53 Å². The van der Waals surface area contributed by atoms with Gasteiger partial charge in [-0.05, 0) is 79.6 Å². The second-order valence-electron chi connectivity index (χ2n) is 11.7. The number of esters is 1. The van der Waals surface area contributed by atoms with Gasteiger partial charge in [0.25, 0.3) is 0 Å². The number of thiophene rings is 1. The smallest absolute Gasteiger partial charge is 0.311 e. The number of carbonyl (C=O) groups is 1. The lowest BCUT2D eigenvalue weighted by molar-refractivity contribution is -0.134. The molecule has 2 unspecified atom stereocenters. The third-order valence-electron chi connectivity index (χ3n) is 8.69. The molecule has 1 aliphatic carbocycles. The van der Waals surface area contributed by atoms with Crippen LogP contribution in [0.3, 0.4) is 0 Å². The summed E-state index contributed by atoms with van der Waals surface area (Å²) < 4.78 is 5.99. The first-order chi connectivity index (χ1) is 19.1. The summed E-state index contributed by atoms with van der Waals surface area (Å²) in [6.07, 6.45) is 20.3. The van der Waals surface area contributed by atoms with Gasteiger partial charge in [-0.15, -0.1) is 11.3 Å². The van der Waals surface area contributed by atoms with E-state index in [2.05, 4.69) is 55.3 Å². The lowest BCUT2D eigenvalue weighted by Gasteiger charge is -2.35. The van der Waals surface area contributed by atoms with Crippen LogP contribution < -0.4 is 4.74 Å². The third-order valence-corrected chi connectivity index (χ3v) is 9.63. The zero-order chi connectivity index (χ0) is 27.7. The highest BCUT2D eigenvalue weighted by Gasteiger charge is 2.26. The number of nitrogens with zero attached hydrogens (tertiary/aromatic N) is 1. The van der Waals surface area contributed by atoms with Crippen molar-refractivity contribution in [3.05, 3.63) is 51.7 Å². The number of hydrogen-bond donors (Lipinski definition) is 0. The average molecular weight is 554 g/mol. The van der Waals surface area contributed by atoms with E-state index in [1.165, 1.54) is 80.2 Å². The van der Waals surface area contributed by atoms with Gasteiger partial charge in [-0.2, -0.15) is 0 Å². The Bertz CT molecular complexity index is 925. The Labute approximate surface area is 243 Å². The molecular formula is C35H55NO2S. The van der Waals surface area contributed by atoms with Crippen molar-refractivity contribution >= 4 is 17.3 Å². The van der Waals surface area contributed by atoms with Gasteiger partial charge in [-0.25, -0.2) is 0 Å². The van der Waals surface area contributed by atoms with Crippen LogP contribution in [-0.4, -0.2) is 30.0 Å². The lowest BCUT2D eigenvalue weighted by atomic mass is 9.86. The number of fused-ring (bicyclic) bond motifs is 1. The van der Waals surface area contributed by atoms with Gasteiger partial charge in [0.2, 0.25) is 0 Å². The molecule has 0 aliphatic heterocycles. The highest BCUT2D eigenvalue weighted by Crippen LogP contribution is 2.32. The molecule has 0 bridgehead atoms. The van der Waals surface area contributed by atoms with E-state index in [-0.39, 0.29) is 5.97 Å². The molecule has 0 amide bonds. The molecule has 3 rings (SSSR count). The molecule has 0 fully saturated rings. The normalized spacial score (nSPS) is 15.8. The Balaban J connectivity index is 1.43. The Morgan fingerprint density at radius 1 is 0.949 bits per heavy atom. The van der Waals surface area contributed by atoms with Crippen LogP contribution in [0.4, 0.5) is 0 Å². The number of hydrogen-bond acceptors (Lipinski definition) is 4. The van der Waals surface area contributed by atoms with Crippen LogP contribution in [0.25, 0.3) is 0 Å². The van der Waals surface area contributed by atoms with E-state index in [0.29, 0.717) is 18.4 Å². The molecule has 1 aliphatic rings. The van der Waals surface area contributed by atoms with E-state index in [0.717, 1.165) is 57.4 Å². The molecule has 2 aromatic rings. The van der Waals surface area contributed by atoms with E-state index in [1.807, 2.05) is 17.4 Å². The molecule has 0 saturated heterocycles. The molecule has 1 aromatic heterocycles. The van der Waals surface area contributed by atoms with Gasteiger partial charge in [0.1, 0.15) is 5.75 Å². The van der Waals surface area contributed by atoms with Crippen LogP contribution in [0, 0.1) is 5.92 Å². The standard InChI is InChI=1S/C35H55NO2S/c1-4-7-8-9-10-11-12-13-16-29(6-3)20-23-35(37)38-34-19-14-17-30-28-31(21-22-33(30)34)36(25-5-2)26-24-32-18-15-27-39-32/h14-15,17-19,27,29,31H,4-13,16,20-26,28H2,1-3H3. The van der Waals surface area contributed by atoms with E-state index in [4.69, 9.17) is 4.74 Å². The van der Waals surface area contributed by atoms with Gasteiger partial charge < -0.3 is 4.74 Å². The van der Waals surface area contributed by atoms with E-state index >= 15 is 0 Å². The summed E-state index contributed by atoms with van der Waals surface area (Å²) in [5, 5.41) is 2.18. The van der Waals surface area contributed by atoms with Crippen LogP contribution in [0.5, 0.6) is 5.75 Å². The Hall–Kier alpha value is -1.65. The molecule has 2 atom stereocenters. The van der Waals surface area contributed by atoms with E-state index in [9.17, 15) is 4.79 Å². The first-order valence-electron chi connectivity index (χ1n) is 16.2. The quantitative estimate of drug-likeness (QED) is 0.0928. The van der Waals surface area contributed by atoms with E-state index in [1.54, 1.807) is 0 Å². The molecule has 0 saturated carbocycles. The summed E-state index contributed by atoms with van der Waals surface area (Å²) in [6.45, 7) is 9.11. The minimum Gasteiger partial charge on any atom is -0.426 e. The summed E-state index contributed by atoms with van der Waals surface area (Å²) in [6, 6.07) is 11.3. The number of ether oxygens (including phenoxy) is 1. The fourth-order valence-corrected chi connectivity index (χ4v) is 6.95. The topological polar surface area (TPSA) is 29.5 Å². The summed E-state index contributed by atoms with van der Waals surface area (Å²) in [5.41, 5.74) is 2.64. The van der Waals surface area contributed by atoms with Gasteiger partial charge in [-0.3, -0.25) is 9.69 Å². The number of carbonyl (C=O) groups excluding carboxylic acids is 1. The van der Waals surface area contributed by atoms with Gasteiger partial charge in [-0.1, -0.05) is 103 Å². The second-order valence-corrected chi connectivity index (χ2v) is 12.7. The Kier molecular flexibility index (Phi) is 15.2. The van der Waals surface area contributed by atoms with Crippen molar-refractivity contribution in [2.45, 2.75) is 136 Å².